The molecule has 1 saturated carbocycles. The van der Waals surface area contributed by atoms with Crippen molar-refractivity contribution in [2.75, 3.05) is 33.9 Å². The van der Waals surface area contributed by atoms with Crippen molar-refractivity contribution in [3.05, 3.63) is 23.8 Å². The minimum Gasteiger partial charge on any atom is -0.493 e. The van der Waals surface area contributed by atoms with E-state index in [1.807, 2.05) is 25.1 Å². The number of rotatable bonds is 9. The van der Waals surface area contributed by atoms with Crippen LogP contribution in [0.3, 0.4) is 0 Å². The number of amides is 1. The number of guanidine groups is 1. The molecule has 1 aliphatic rings. The summed E-state index contributed by atoms with van der Waals surface area (Å²) in [6.07, 6.45) is 6.65. The number of halogens is 1. The van der Waals surface area contributed by atoms with Crippen molar-refractivity contribution in [2.45, 2.75) is 51.5 Å². The molecule has 0 bridgehead atoms. The Labute approximate surface area is 191 Å². The van der Waals surface area contributed by atoms with Crippen molar-refractivity contribution in [1.82, 2.24) is 16.0 Å². The maximum Gasteiger partial charge on any atom is 0.242 e. The zero-order chi connectivity index (χ0) is 20.2. The molecular weight excluding hydrogens is 483 g/mol. The highest BCUT2D eigenvalue weighted by Gasteiger charge is 2.15. The van der Waals surface area contributed by atoms with Gasteiger partial charge in [-0.25, -0.2) is 4.99 Å². The summed E-state index contributed by atoms with van der Waals surface area (Å²) in [7, 11) is 3.26. The Morgan fingerprint density at radius 3 is 2.48 bits per heavy atom. The minimum absolute atomic E-state index is 0. The average molecular weight is 518 g/mol. The molecule has 1 amide bonds. The van der Waals surface area contributed by atoms with Crippen molar-refractivity contribution in [3.63, 3.8) is 0 Å². The lowest BCUT2D eigenvalue weighted by Crippen LogP contribution is -2.41. The maximum absolute atomic E-state index is 12.1. The second-order valence-corrected chi connectivity index (χ2v) is 6.96. The van der Waals surface area contributed by atoms with E-state index in [0.29, 0.717) is 18.5 Å². The zero-order valence-corrected chi connectivity index (χ0v) is 20.1. The van der Waals surface area contributed by atoms with Crippen LogP contribution in [0.25, 0.3) is 0 Å². The predicted molar refractivity (Wildman–Crippen MR) is 128 cm³/mol. The van der Waals surface area contributed by atoms with Gasteiger partial charge in [-0.3, -0.25) is 4.79 Å². The number of carbonyl (C=O) groups is 1. The summed E-state index contributed by atoms with van der Waals surface area (Å²) in [5.74, 6) is 2.09. The Morgan fingerprint density at radius 2 is 1.83 bits per heavy atom. The van der Waals surface area contributed by atoms with Gasteiger partial charge in [-0.05, 0) is 43.9 Å². The first kappa shape index (κ1) is 25.3. The summed E-state index contributed by atoms with van der Waals surface area (Å²) >= 11 is 0. The fraction of sp³-hybridized carbons (Fsp3) is 0.619. The summed E-state index contributed by atoms with van der Waals surface area (Å²) in [4.78, 5) is 16.6. The van der Waals surface area contributed by atoms with E-state index < -0.39 is 0 Å². The first-order valence-corrected chi connectivity index (χ1v) is 10.2. The smallest absolute Gasteiger partial charge is 0.242 e. The molecule has 1 fully saturated rings. The average Bonchev–Trinajstić information content (AvgIpc) is 2.72. The SMILES string of the molecule is CCNC(=NCC(=O)NC1CCCCC1)NCCc1ccc(OC)c(OC)c1.I. The zero-order valence-electron chi connectivity index (χ0n) is 17.8. The number of methoxy groups -OCH3 is 2. The molecule has 3 N–H and O–H groups in total. The van der Waals surface area contributed by atoms with Crippen LogP contribution in [0.4, 0.5) is 0 Å². The molecule has 0 saturated heterocycles. The van der Waals surface area contributed by atoms with E-state index in [2.05, 4.69) is 20.9 Å². The molecule has 7 nitrogen and oxygen atoms in total. The molecule has 0 heterocycles. The number of hydrogen-bond donors (Lipinski definition) is 3. The lowest BCUT2D eigenvalue weighted by molar-refractivity contribution is -0.120. The monoisotopic (exact) mass is 518 g/mol. The lowest BCUT2D eigenvalue weighted by Gasteiger charge is -2.22. The molecule has 2 rings (SSSR count). The summed E-state index contributed by atoms with van der Waals surface area (Å²) < 4.78 is 10.6. The van der Waals surface area contributed by atoms with E-state index in [9.17, 15) is 4.79 Å². The van der Waals surface area contributed by atoms with E-state index in [0.717, 1.165) is 42.9 Å². The quantitative estimate of drug-likeness (QED) is 0.266. The molecule has 1 aromatic rings. The van der Waals surface area contributed by atoms with Crippen LogP contribution in [0.15, 0.2) is 23.2 Å². The van der Waals surface area contributed by atoms with E-state index in [1.54, 1.807) is 14.2 Å². The standard InChI is InChI=1S/C21H34N4O3.HI/c1-4-22-21(24-15-20(26)25-17-8-6-5-7-9-17)23-13-12-16-10-11-18(27-2)19(14-16)28-3;/h10-11,14,17H,4-9,12-13,15H2,1-3H3,(H,25,26)(H2,22,23,24);1H. The normalized spacial score (nSPS) is 14.5. The van der Waals surface area contributed by atoms with Crippen molar-refractivity contribution in [3.8, 4) is 11.5 Å². The molecule has 0 aromatic heterocycles. The van der Waals surface area contributed by atoms with Crippen LogP contribution in [0.2, 0.25) is 0 Å². The van der Waals surface area contributed by atoms with Gasteiger partial charge in [0, 0.05) is 19.1 Å². The van der Waals surface area contributed by atoms with Gasteiger partial charge in [-0.1, -0.05) is 25.3 Å². The molecule has 0 unspecified atom stereocenters. The van der Waals surface area contributed by atoms with Gasteiger partial charge >= 0.3 is 0 Å². The molecular formula is C21H35IN4O3. The number of nitrogens with one attached hydrogen (secondary N) is 3. The molecule has 164 valence electrons. The van der Waals surface area contributed by atoms with Crippen LogP contribution in [-0.4, -0.2) is 51.8 Å². The van der Waals surface area contributed by atoms with Gasteiger partial charge in [0.25, 0.3) is 0 Å². The lowest BCUT2D eigenvalue weighted by atomic mass is 9.95. The Hall–Kier alpha value is -1.71. The summed E-state index contributed by atoms with van der Waals surface area (Å²) in [6, 6.07) is 6.22. The van der Waals surface area contributed by atoms with Crippen LogP contribution in [-0.2, 0) is 11.2 Å². The van der Waals surface area contributed by atoms with Crippen LogP contribution in [0.1, 0.15) is 44.6 Å². The van der Waals surface area contributed by atoms with E-state index >= 15 is 0 Å². The van der Waals surface area contributed by atoms with Gasteiger partial charge in [-0.2, -0.15) is 0 Å². The van der Waals surface area contributed by atoms with Gasteiger partial charge in [-0.15, -0.1) is 24.0 Å². The maximum atomic E-state index is 12.1. The molecule has 29 heavy (non-hydrogen) atoms. The second-order valence-electron chi connectivity index (χ2n) is 6.96. The van der Waals surface area contributed by atoms with Gasteiger partial charge in [0.05, 0.1) is 14.2 Å². The van der Waals surface area contributed by atoms with Gasteiger partial charge in [0.2, 0.25) is 5.91 Å². The fourth-order valence-electron chi connectivity index (χ4n) is 3.37. The Balaban J connectivity index is 0.00000420. The van der Waals surface area contributed by atoms with Crippen LogP contribution < -0.4 is 25.4 Å². The molecule has 0 spiro atoms. The number of benzene rings is 1. The Bertz CT molecular complexity index is 649. The van der Waals surface area contributed by atoms with Crippen LogP contribution in [0.5, 0.6) is 11.5 Å². The van der Waals surface area contributed by atoms with Crippen LogP contribution >= 0.6 is 24.0 Å². The highest BCUT2D eigenvalue weighted by atomic mass is 127. The summed E-state index contributed by atoms with van der Waals surface area (Å²) in [6.45, 7) is 3.59. The fourth-order valence-corrected chi connectivity index (χ4v) is 3.37. The number of hydrogen-bond acceptors (Lipinski definition) is 4. The van der Waals surface area contributed by atoms with Crippen molar-refractivity contribution < 1.29 is 14.3 Å². The largest absolute Gasteiger partial charge is 0.493 e. The number of nitrogens with zero attached hydrogens (tertiary/aromatic N) is 1. The predicted octanol–water partition coefficient (Wildman–Crippen LogP) is 2.87. The van der Waals surface area contributed by atoms with Crippen LogP contribution in [0, 0.1) is 0 Å². The highest BCUT2D eigenvalue weighted by molar-refractivity contribution is 14.0. The van der Waals surface area contributed by atoms with E-state index in [1.165, 1.54) is 19.3 Å². The topological polar surface area (TPSA) is 84.0 Å². The van der Waals surface area contributed by atoms with Crippen molar-refractivity contribution in [1.29, 1.82) is 0 Å². The molecule has 1 aromatic carbocycles. The minimum atomic E-state index is -0.0102. The van der Waals surface area contributed by atoms with Gasteiger partial charge in [0.15, 0.2) is 17.5 Å². The molecule has 0 radical (unpaired) electrons. The number of carbonyl (C=O) groups excluding carboxylic acids is 1. The van der Waals surface area contributed by atoms with Gasteiger partial charge in [0.1, 0.15) is 6.54 Å². The Morgan fingerprint density at radius 1 is 1.10 bits per heavy atom. The van der Waals surface area contributed by atoms with Gasteiger partial charge < -0.3 is 25.4 Å². The number of ether oxygens (including phenoxy) is 2. The third-order valence-corrected chi connectivity index (χ3v) is 4.85. The third kappa shape index (κ3) is 9.10. The third-order valence-electron chi connectivity index (χ3n) is 4.85. The second kappa shape index (κ2) is 14.3. The Kier molecular flexibility index (Phi) is 12.5. The summed E-state index contributed by atoms with van der Waals surface area (Å²) in [5.41, 5.74) is 1.14. The van der Waals surface area contributed by atoms with Crippen molar-refractivity contribution in [2.24, 2.45) is 4.99 Å². The molecule has 0 atom stereocenters. The molecule has 1 aliphatic carbocycles. The van der Waals surface area contributed by atoms with E-state index in [4.69, 9.17) is 9.47 Å². The first-order valence-electron chi connectivity index (χ1n) is 10.2. The molecule has 0 aliphatic heterocycles. The molecule has 8 heteroatoms. The highest BCUT2D eigenvalue weighted by Crippen LogP contribution is 2.27. The van der Waals surface area contributed by atoms with E-state index in [-0.39, 0.29) is 36.4 Å². The number of aliphatic imine (C=N–C) groups is 1. The first-order chi connectivity index (χ1) is 13.7. The summed E-state index contributed by atoms with van der Waals surface area (Å²) in [5, 5.41) is 9.56. The van der Waals surface area contributed by atoms with Crippen molar-refractivity contribution >= 4 is 35.8 Å².